The van der Waals surface area contributed by atoms with E-state index in [-0.39, 0.29) is 24.1 Å². The van der Waals surface area contributed by atoms with Gasteiger partial charge in [0.05, 0.1) is 5.52 Å². The maximum atomic E-state index is 12.4. The van der Waals surface area contributed by atoms with Gasteiger partial charge in [0.15, 0.2) is 6.61 Å². The van der Waals surface area contributed by atoms with Gasteiger partial charge in [-0.2, -0.15) is 0 Å². The van der Waals surface area contributed by atoms with Crippen LogP contribution >= 0.6 is 0 Å². The molecule has 0 radical (unpaired) electrons. The van der Waals surface area contributed by atoms with Gasteiger partial charge in [0.25, 0.3) is 11.5 Å². The SMILES string of the molecule is CCn1c(=O)cc(OCC(=O)N[C@@H]2CCC[C@H](C)[C@@H]2C)c2ccccc21. The molecule has 140 valence electrons. The zero-order valence-corrected chi connectivity index (χ0v) is 15.8. The number of pyridine rings is 1. The van der Waals surface area contributed by atoms with Gasteiger partial charge in [-0.1, -0.05) is 38.8 Å². The summed E-state index contributed by atoms with van der Waals surface area (Å²) in [6.07, 6.45) is 3.40. The van der Waals surface area contributed by atoms with Gasteiger partial charge >= 0.3 is 0 Å². The average Bonchev–Trinajstić information content (AvgIpc) is 2.63. The van der Waals surface area contributed by atoms with Crippen molar-refractivity contribution in [1.29, 1.82) is 0 Å². The Morgan fingerprint density at radius 3 is 2.81 bits per heavy atom. The van der Waals surface area contributed by atoms with Gasteiger partial charge in [0.2, 0.25) is 0 Å². The summed E-state index contributed by atoms with van der Waals surface area (Å²) in [6, 6.07) is 9.31. The third-order valence-corrected chi connectivity index (χ3v) is 5.71. The Morgan fingerprint density at radius 1 is 1.27 bits per heavy atom. The summed E-state index contributed by atoms with van der Waals surface area (Å²) in [6.45, 7) is 6.91. The van der Waals surface area contributed by atoms with Crippen molar-refractivity contribution in [1.82, 2.24) is 9.88 Å². The molecular formula is C21H28N2O3. The van der Waals surface area contributed by atoms with Crippen LogP contribution in [0.2, 0.25) is 0 Å². The van der Waals surface area contributed by atoms with E-state index >= 15 is 0 Å². The van der Waals surface area contributed by atoms with Crippen LogP contribution < -0.4 is 15.6 Å². The maximum absolute atomic E-state index is 12.4. The fourth-order valence-electron chi connectivity index (χ4n) is 3.93. The van der Waals surface area contributed by atoms with Crippen LogP contribution in [0.15, 0.2) is 35.1 Å². The second-order valence-electron chi connectivity index (χ2n) is 7.34. The van der Waals surface area contributed by atoms with Crippen molar-refractivity contribution in [3.05, 3.63) is 40.7 Å². The molecule has 1 aromatic carbocycles. The smallest absolute Gasteiger partial charge is 0.258 e. The molecule has 1 fully saturated rings. The molecule has 5 nitrogen and oxygen atoms in total. The van der Waals surface area contributed by atoms with Gasteiger partial charge in [-0.25, -0.2) is 0 Å². The molecule has 0 unspecified atom stereocenters. The molecule has 3 rings (SSSR count). The van der Waals surface area contributed by atoms with Crippen molar-refractivity contribution >= 4 is 16.8 Å². The van der Waals surface area contributed by atoms with Crippen LogP contribution in [0.5, 0.6) is 5.75 Å². The predicted octanol–water partition coefficient (Wildman–Crippen LogP) is 3.34. The number of fused-ring (bicyclic) bond motifs is 1. The Hall–Kier alpha value is -2.30. The summed E-state index contributed by atoms with van der Waals surface area (Å²) < 4.78 is 7.44. The number of amides is 1. The Labute approximate surface area is 154 Å². The number of hydrogen-bond acceptors (Lipinski definition) is 3. The normalized spacial score (nSPS) is 23.0. The summed E-state index contributed by atoms with van der Waals surface area (Å²) in [5.74, 6) is 1.44. The summed E-state index contributed by atoms with van der Waals surface area (Å²) in [7, 11) is 0. The van der Waals surface area contributed by atoms with Crippen LogP contribution in [0.3, 0.4) is 0 Å². The minimum absolute atomic E-state index is 0.0722. The lowest BCUT2D eigenvalue weighted by atomic mass is 9.78. The van der Waals surface area contributed by atoms with E-state index < -0.39 is 0 Å². The highest BCUT2D eigenvalue weighted by Crippen LogP contribution is 2.29. The Bertz CT molecular complexity index is 843. The van der Waals surface area contributed by atoms with Crippen molar-refractivity contribution in [3.8, 4) is 5.75 Å². The summed E-state index contributed by atoms with van der Waals surface area (Å²) in [5, 5.41) is 3.96. The average molecular weight is 356 g/mol. The second kappa shape index (κ2) is 7.94. The van der Waals surface area contributed by atoms with Crippen LogP contribution in [-0.2, 0) is 11.3 Å². The second-order valence-corrected chi connectivity index (χ2v) is 7.34. The number of para-hydroxylation sites is 1. The van der Waals surface area contributed by atoms with Crippen molar-refractivity contribution in [3.63, 3.8) is 0 Å². The van der Waals surface area contributed by atoms with E-state index in [1.807, 2.05) is 31.2 Å². The zero-order valence-electron chi connectivity index (χ0n) is 15.8. The number of rotatable bonds is 5. The number of aromatic nitrogens is 1. The number of carbonyl (C=O) groups excluding carboxylic acids is 1. The Balaban J connectivity index is 1.72. The first kappa shape index (κ1) is 18.5. The lowest BCUT2D eigenvalue weighted by Gasteiger charge is -2.34. The Morgan fingerprint density at radius 2 is 2.04 bits per heavy atom. The minimum Gasteiger partial charge on any atom is -0.483 e. The predicted molar refractivity (Wildman–Crippen MR) is 103 cm³/mol. The van der Waals surface area contributed by atoms with Gasteiger partial charge in [-0.15, -0.1) is 0 Å². The quantitative estimate of drug-likeness (QED) is 0.894. The number of hydrogen-bond donors (Lipinski definition) is 1. The van der Waals surface area contributed by atoms with Gasteiger partial charge in [-0.3, -0.25) is 9.59 Å². The standard InChI is InChI=1S/C21H28N2O3/c1-4-23-18-11-6-5-9-16(18)19(12-21(23)25)26-13-20(24)22-17-10-7-8-14(2)15(17)3/h5-6,9,11-12,14-15,17H,4,7-8,10,13H2,1-3H3,(H,22,24)/t14-,15-,17+/m0/s1. The number of carbonyl (C=O) groups is 1. The highest BCUT2D eigenvalue weighted by molar-refractivity contribution is 5.86. The number of nitrogens with zero attached hydrogens (tertiary/aromatic N) is 1. The van der Waals surface area contributed by atoms with E-state index in [1.54, 1.807) is 4.57 Å². The largest absolute Gasteiger partial charge is 0.483 e. The first-order valence-corrected chi connectivity index (χ1v) is 9.56. The molecule has 1 amide bonds. The van der Waals surface area contributed by atoms with E-state index in [9.17, 15) is 9.59 Å². The molecule has 0 saturated heterocycles. The van der Waals surface area contributed by atoms with E-state index in [4.69, 9.17) is 4.74 Å². The molecule has 26 heavy (non-hydrogen) atoms. The fourth-order valence-corrected chi connectivity index (χ4v) is 3.93. The molecule has 1 heterocycles. The number of nitrogens with one attached hydrogen (secondary N) is 1. The summed E-state index contributed by atoms with van der Waals surface area (Å²) in [4.78, 5) is 24.7. The van der Waals surface area contributed by atoms with Crippen LogP contribution in [0.1, 0.15) is 40.0 Å². The molecule has 2 aromatic rings. The first-order chi connectivity index (χ1) is 12.5. The van der Waals surface area contributed by atoms with Crippen LogP contribution in [-0.4, -0.2) is 23.1 Å². The number of benzene rings is 1. The van der Waals surface area contributed by atoms with Crippen molar-refractivity contribution in [2.24, 2.45) is 11.8 Å². The van der Waals surface area contributed by atoms with Gasteiger partial charge in [0.1, 0.15) is 5.75 Å². The van der Waals surface area contributed by atoms with Crippen LogP contribution in [0.4, 0.5) is 0 Å². The summed E-state index contributed by atoms with van der Waals surface area (Å²) >= 11 is 0. The van der Waals surface area contributed by atoms with Gasteiger partial charge in [0, 0.05) is 24.0 Å². The molecule has 3 atom stereocenters. The van der Waals surface area contributed by atoms with E-state index in [2.05, 4.69) is 19.2 Å². The molecule has 5 heteroatoms. The van der Waals surface area contributed by atoms with Crippen LogP contribution in [0, 0.1) is 11.8 Å². The lowest BCUT2D eigenvalue weighted by molar-refractivity contribution is -0.124. The number of ether oxygens (including phenoxy) is 1. The van der Waals surface area contributed by atoms with Crippen molar-refractivity contribution in [2.75, 3.05) is 6.61 Å². The van der Waals surface area contributed by atoms with Crippen LogP contribution in [0.25, 0.3) is 10.9 Å². The molecule has 1 N–H and O–H groups in total. The van der Waals surface area contributed by atoms with Gasteiger partial charge < -0.3 is 14.6 Å². The van der Waals surface area contributed by atoms with Crippen molar-refractivity contribution in [2.45, 2.75) is 52.6 Å². The minimum atomic E-state index is -0.125. The Kier molecular flexibility index (Phi) is 5.64. The van der Waals surface area contributed by atoms with Gasteiger partial charge in [-0.05, 0) is 37.3 Å². The molecule has 0 bridgehead atoms. The third kappa shape index (κ3) is 3.76. The maximum Gasteiger partial charge on any atom is 0.258 e. The highest BCUT2D eigenvalue weighted by Gasteiger charge is 2.28. The van der Waals surface area contributed by atoms with E-state index in [1.165, 1.54) is 12.5 Å². The highest BCUT2D eigenvalue weighted by atomic mass is 16.5. The zero-order chi connectivity index (χ0) is 18.7. The summed E-state index contributed by atoms with van der Waals surface area (Å²) in [5.41, 5.74) is 0.712. The monoisotopic (exact) mass is 356 g/mol. The molecule has 1 aliphatic rings. The van der Waals surface area contributed by atoms with Crippen molar-refractivity contribution < 1.29 is 9.53 Å². The molecule has 1 saturated carbocycles. The molecule has 1 aromatic heterocycles. The first-order valence-electron chi connectivity index (χ1n) is 9.56. The van der Waals surface area contributed by atoms with E-state index in [0.29, 0.717) is 24.1 Å². The molecule has 0 aliphatic heterocycles. The fraction of sp³-hybridized carbons (Fsp3) is 0.524. The number of aryl methyl sites for hydroxylation is 1. The molecular weight excluding hydrogens is 328 g/mol. The molecule has 0 spiro atoms. The lowest BCUT2D eigenvalue weighted by Crippen LogP contribution is -2.45. The van der Waals surface area contributed by atoms with E-state index in [0.717, 1.165) is 23.7 Å². The third-order valence-electron chi connectivity index (χ3n) is 5.71. The molecule has 1 aliphatic carbocycles. The topological polar surface area (TPSA) is 60.3 Å².